The summed E-state index contributed by atoms with van der Waals surface area (Å²) in [6.45, 7) is 9.07. The van der Waals surface area contributed by atoms with Crippen LogP contribution in [-0.4, -0.2) is 35.6 Å². The summed E-state index contributed by atoms with van der Waals surface area (Å²) in [6, 6.07) is 3.65. The minimum absolute atomic E-state index is 0.0127. The largest absolute Gasteiger partial charge is 0.398 e. The molecule has 1 aliphatic rings. The number of benzene rings is 1. The predicted molar refractivity (Wildman–Crippen MR) is 83.8 cm³/mol. The maximum absolute atomic E-state index is 12.8. The van der Waals surface area contributed by atoms with E-state index in [1.807, 2.05) is 44.7 Å². The zero-order chi connectivity index (χ0) is 15.1. The zero-order valence-electron chi connectivity index (χ0n) is 12.4. The highest BCUT2D eigenvalue weighted by Gasteiger charge is 2.34. The van der Waals surface area contributed by atoms with Gasteiger partial charge in [-0.2, -0.15) is 0 Å². The first-order chi connectivity index (χ1) is 9.19. The van der Waals surface area contributed by atoms with Gasteiger partial charge in [-0.3, -0.25) is 4.79 Å². The molecule has 0 saturated carbocycles. The molecule has 2 rings (SSSR count). The maximum Gasteiger partial charge on any atom is 0.254 e. The summed E-state index contributed by atoms with van der Waals surface area (Å²) in [4.78, 5) is 14.6. The minimum atomic E-state index is -0.321. The number of anilines is 1. The van der Waals surface area contributed by atoms with E-state index in [0.29, 0.717) is 24.3 Å². The van der Waals surface area contributed by atoms with E-state index < -0.39 is 0 Å². The van der Waals surface area contributed by atoms with Gasteiger partial charge in [-0.05, 0) is 45.4 Å². The molecular weight excluding hydrogens is 320 g/mol. The Morgan fingerprint density at radius 3 is 2.75 bits per heavy atom. The van der Waals surface area contributed by atoms with Gasteiger partial charge in [0.05, 0.1) is 11.7 Å². The van der Waals surface area contributed by atoms with Crippen molar-refractivity contribution in [3.05, 3.63) is 27.7 Å². The molecule has 1 fully saturated rings. The van der Waals surface area contributed by atoms with Crippen LogP contribution in [-0.2, 0) is 4.74 Å². The van der Waals surface area contributed by atoms with Gasteiger partial charge in [0.15, 0.2) is 0 Å². The van der Waals surface area contributed by atoms with Gasteiger partial charge in [-0.1, -0.05) is 15.9 Å². The van der Waals surface area contributed by atoms with Crippen molar-refractivity contribution in [1.29, 1.82) is 0 Å². The summed E-state index contributed by atoms with van der Waals surface area (Å²) >= 11 is 3.40. The van der Waals surface area contributed by atoms with Crippen molar-refractivity contribution in [2.75, 3.05) is 18.8 Å². The van der Waals surface area contributed by atoms with Crippen LogP contribution in [0.4, 0.5) is 5.69 Å². The third-order valence-electron chi connectivity index (χ3n) is 3.50. The van der Waals surface area contributed by atoms with Crippen molar-refractivity contribution in [3.63, 3.8) is 0 Å². The molecule has 1 heterocycles. The van der Waals surface area contributed by atoms with Crippen molar-refractivity contribution < 1.29 is 9.53 Å². The standard InChI is InChI=1S/C15H21BrN2O2/c1-9-7-18(8-15(3,4)20-9)14(19)12-5-11(16)6-13(17)10(12)2/h5-6,9H,7-8,17H2,1-4H3. The first-order valence-corrected chi connectivity index (χ1v) is 7.51. The lowest BCUT2D eigenvalue weighted by atomic mass is 10.0. The summed E-state index contributed by atoms with van der Waals surface area (Å²) in [5, 5.41) is 0. The van der Waals surface area contributed by atoms with Crippen LogP contribution in [0.1, 0.15) is 36.7 Å². The number of hydrogen-bond donors (Lipinski definition) is 1. The molecule has 1 atom stereocenters. The van der Waals surface area contributed by atoms with Crippen molar-refractivity contribution in [2.45, 2.75) is 39.4 Å². The van der Waals surface area contributed by atoms with E-state index in [1.54, 1.807) is 0 Å². The third kappa shape index (κ3) is 3.15. The molecule has 0 aromatic heterocycles. The van der Waals surface area contributed by atoms with E-state index in [4.69, 9.17) is 10.5 Å². The summed E-state index contributed by atoms with van der Waals surface area (Å²) < 4.78 is 6.66. The Hall–Kier alpha value is -1.07. The first-order valence-electron chi connectivity index (χ1n) is 6.72. The van der Waals surface area contributed by atoms with Crippen LogP contribution < -0.4 is 5.73 Å². The van der Waals surface area contributed by atoms with Crippen LogP contribution in [0.3, 0.4) is 0 Å². The molecule has 110 valence electrons. The molecule has 0 bridgehead atoms. The number of nitrogens with two attached hydrogens (primary N) is 1. The summed E-state index contributed by atoms with van der Waals surface area (Å²) in [6.07, 6.45) is 0.0347. The van der Waals surface area contributed by atoms with E-state index in [1.165, 1.54) is 0 Å². The number of carbonyl (C=O) groups is 1. The van der Waals surface area contributed by atoms with Gasteiger partial charge >= 0.3 is 0 Å². The monoisotopic (exact) mass is 340 g/mol. The number of ether oxygens (including phenoxy) is 1. The molecule has 20 heavy (non-hydrogen) atoms. The Kier molecular flexibility index (Phi) is 4.12. The van der Waals surface area contributed by atoms with Gasteiger partial charge in [0, 0.05) is 28.8 Å². The van der Waals surface area contributed by atoms with E-state index in [0.717, 1.165) is 10.0 Å². The van der Waals surface area contributed by atoms with Crippen molar-refractivity contribution in [2.24, 2.45) is 0 Å². The van der Waals surface area contributed by atoms with Crippen LogP contribution in [0.2, 0.25) is 0 Å². The van der Waals surface area contributed by atoms with Gasteiger partial charge < -0.3 is 15.4 Å². The quantitative estimate of drug-likeness (QED) is 0.799. The number of carbonyl (C=O) groups excluding carboxylic acids is 1. The number of halogens is 1. The molecule has 1 aromatic rings. The van der Waals surface area contributed by atoms with Crippen LogP contribution in [0.5, 0.6) is 0 Å². The highest BCUT2D eigenvalue weighted by Crippen LogP contribution is 2.27. The molecule has 5 heteroatoms. The number of morpholine rings is 1. The number of hydrogen-bond acceptors (Lipinski definition) is 3. The van der Waals surface area contributed by atoms with Crippen LogP contribution in [0.25, 0.3) is 0 Å². The molecular formula is C15H21BrN2O2. The fraction of sp³-hybridized carbons (Fsp3) is 0.533. The fourth-order valence-electron chi connectivity index (χ4n) is 2.70. The molecule has 1 saturated heterocycles. The lowest BCUT2D eigenvalue weighted by Crippen LogP contribution is -2.53. The Labute approximate surface area is 128 Å². The van der Waals surface area contributed by atoms with Crippen LogP contribution in [0.15, 0.2) is 16.6 Å². The molecule has 2 N–H and O–H groups in total. The zero-order valence-corrected chi connectivity index (χ0v) is 14.0. The molecule has 0 radical (unpaired) electrons. The van der Waals surface area contributed by atoms with Gasteiger partial charge in [0.2, 0.25) is 0 Å². The molecule has 4 nitrogen and oxygen atoms in total. The highest BCUT2D eigenvalue weighted by molar-refractivity contribution is 9.10. The van der Waals surface area contributed by atoms with E-state index >= 15 is 0 Å². The van der Waals surface area contributed by atoms with Crippen LogP contribution in [0, 0.1) is 6.92 Å². The van der Waals surface area contributed by atoms with Crippen LogP contribution >= 0.6 is 15.9 Å². The Bertz CT molecular complexity index is 543. The lowest BCUT2D eigenvalue weighted by molar-refractivity contribution is -0.118. The molecule has 0 aliphatic carbocycles. The summed E-state index contributed by atoms with van der Waals surface area (Å²) in [5.74, 6) is 0.0127. The Morgan fingerprint density at radius 2 is 2.15 bits per heavy atom. The molecule has 1 amide bonds. The summed E-state index contributed by atoms with van der Waals surface area (Å²) in [7, 11) is 0. The first kappa shape index (κ1) is 15.3. The fourth-order valence-corrected chi connectivity index (χ4v) is 3.18. The second kappa shape index (κ2) is 5.37. The maximum atomic E-state index is 12.8. The number of rotatable bonds is 1. The third-order valence-corrected chi connectivity index (χ3v) is 3.96. The highest BCUT2D eigenvalue weighted by atomic mass is 79.9. The van der Waals surface area contributed by atoms with Gasteiger partial charge in [-0.25, -0.2) is 0 Å². The minimum Gasteiger partial charge on any atom is -0.398 e. The SMILES string of the molecule is Cc1c(N)cc(Br)cc1C(=O)N1CC(C)OC(C)(C)C1. The molecule has 1 unspecified atom stereocenters. The van der Waals surface area contributed by atoms with Crippen molar-refractivity contribution in [1.82, 2.24) is 4.90 Å². The number of nitrogen functional groups attached to an aromatic ring is 1. The lowest BCUT2D eigenvalue weighted by Gasteiger charge is -2.41. The van der Waals surface area contributed by atoms with E-state index in [9.17, 15) is 4.79 Å². The van der Waals surface area contributed by atoms with E-state index in [2.05, 4.69) is 15.9 Å². The average Bonchev–Trinajstić information content (AvgIpc) is 2.30. The Morgan fingerprint density at radius 1 is 1.50 bits per heavy atom. The topological polar surface area (TPSA) is 55.6 Å². The second-order valence-corrected chi connectivity index (χ2v) is 6.96. The van der Waals surface area contributed by atoms with E-state index in [-0.39, 0.29) is 17.6 Å². The predicted octanol–water partition coefficient (Wildman–Crippen LogP) is 2.98. The molecule has 0 spiro atoms. The number of amides is 1. The van der Waals surface area contributed by atoms with Crippen molar-refractivity contribution in [3.8, 4) is 0 Å². The Balaban J connectivity index is 2.32. The smallest absolute Gasteiger partial charge is 0.254 e. The molecule has 1 aliphatic heterocycles. The van der Waals surface area contributed by atoms with Gasteiger partial charge in [-0.15, -0.1) is 0 Å². The second-order valence-electron chi connectivity index (χ2n) is 6.04. The van der Waals surface area contributed by atoms with Gasteiger partial charge in [0.1, 0.15) is 0 Å². The summed E-state index contributed by atoms with van der Waals surface area (Å²) in [5.41, 5.74) is 7.73. The normalized spacial score (nSPS) is 21.9. The van der Waals surface area contributed by atoms with Gasteiger partial charge in [0.25, 0.3) is 5.91 Å². The number of nitrogens with zero attached hydrogens (tertiary/aromatic N) is 1. The molecule has 1 aromatic carbocycles. The van der Waals surface area contributed by atoms with Crippen molar-refractivity contribution >= 4 is 27.5 Å². The average molecular weight is 341 g/mol.